The lowest BCUT2D eigenvalue weighted by molar-refractivity contribution is -0.122. The van der Waals surface area contributed by atoms with Gasteiger partial charge in [-0.2, -0.15) is 0 Å². The summed E-state index contributed by atoms with van der Waals surface area (Å²) in [6.45, 7) is 4.73. The summed E-state index contributed by atoms with van der Waals surface area (Å²) in [5.41, 5.74) is 10.7. The lowest BCUT2D eigenvalue weighted by Gasteiger charge is -2.25. The number of amides is 1. The van der Waals surface area contributed by atoms with Crippen molar-refractivity contribution in [3.8, 4) is 0 Å². The Kier molecular flexibility index (Phi) is 7.49. The van der Waals surface area contributed by atoms with E-state index in [-0.39, 0.29) is 17.6 Å². The minimum absolute atomic E-state index is 0.0808. The Hall–Kier alpha value is -3.74. The maximum atomic E-state index is 13.5. The number of carbonyl (C=O) groups excluding carboxylic acids is 1. The van der Waals surface area contributed by atoms with Gasteiger partial charge in [-0.25, -0.2) is 14.4 Å². The molecular formula is C30H34FN5O. The topological polar surface area (TPSA) is 77.0 Å². The van der Waals surface area contributed by atoms with Crippen molar-refractivity contribution in [1.29, 1.82) is 0 Å². The van der Waals surface area contributed by atoms with E-state index in [0.29, 0.717) is 13.0 Å². The first-order valence-electron chi connectivity index (χ1n) is 13.2. The Bertz CT molecular complexity index is 1340. The SMILES string of the molecule is C[C@H](c1ccc(N2CCCCCC2)cc1)C(Cc1nc2cccnc2n1Cc1ccc(F)cc1)C(N)=O. The molecule has 1 saturated heterocycles. The number of nitrogens with two attached hydrogens (primary N) is 1. The number of rotatable bonds is 8. The first-order chi connectivity index (χ1) is 18.0. The van der Waals surface area contributed by atoms with E-state index in [1.54, 1.807) is 18.3 Å². The van der Waals surface area contributed by atoms with Crippen molar-refractivity contribution < 1.29 is 9.18 Å². The number of pyridine rings is 1. The van der Waals surface area contributed by atoms with Crippen molar-refractivity contribution in [3.05, 3.63) is 89.6 Å². The quantitative estimate of drug-likeness (QED) is 0.350. The molecule has 7 heteroatoms. The fraction of sp³-hybridized carbons (Fsp3) is 0.367. The number of anilines is 1. The summed E-state index contributed by atoms with van der Waals surface area (Å²) in [5.74, 6) is -0.398. The second kappa shape index (κ2) is 11.1. The number of primary amides is 1. The zero-order chi connectivity index (χ0) is 25.8. The van der Waals surface area contributed by atoms with Gasteiger partial charge in [-0.05, 0) is 66.3 Å². The number of fused-ring (bicyclic) bond motifs is 1. The van der Waals surface area contributed by atoms with Gasteiger partial charge in [0.15, 0.2) is 5.65 Å². The maximum Gasteiger partial charge on any atom is 0.221 e. The van der Waals surface area contributed by atoms with E-state index in [9.17, 15) is 9.18 Å². The Morgan fingerprint density at radius 3 is 2.38 bits per heavy atom. The van der Waals surface area contributed by atoms with Gasteiger partial charge in [0.25, 0.3) is 0 Å². The molecule has 2 atom stereocenters. The van der Waals surface area contributed by atoms with Crippen LogP contribution in [-0.4, -0.2) is 33.5 Å². The highest BCUT2D eigenvalue weighted by molar-refractivity contribution is 5.78. The number of hydrogen-bond acceptors (Lipinski definition) is 4. The van der Waals surface area contributed by atoms with Crippen LogP contribution in [-0.2, 0) is 17.8 Å². The molecule has 3 heterocycles. The molecule has 0 aliphatic carbocycles. The van der Waals surface area contributed by atoms with E-state index in [4.69, 9.17) is 10.7 Å². The van der Waals surface area contributed by atoms with E-state index in [1.807, 2.05) is 16.7 Å². The number of imidazole rings is 1. The van der Waals surface area contributed by atoms with Crippen molar-refractivity contribution >= 4 is 22.8 Å². The van der Waals surface area contributed by atoms with Gasteiger partial charge in [-0.15, -0.1) is 0 Å². The molecule has 0 saturated carbocycles. The smallest absolute Gasteiger partial charge is 0.221 e. The molecule has 1 unspecified atom stereocenters. The van der Waals surface area contributed by atoms with E-state index in [1.165, 1.54) is 43.5 Å². The van der Waals surface area contributed by atoms with Crippen molar-refractivity contribution in [1.82, 2.24) is 14.5 Å². The molecule has 37 heavy (non-hydrogen) atoms. The summed E-state index contributed by atoms with van der Waals surface area (Å²) < 4.78 is 15.5. The normalized spacial score (nSPS) is 15.9. The zero-order valence-electron chi connectivity index (χ0n) is 21.3. The second-order valence-corrected chi connectivity index (χ2v) is 10.1. The highest BCUT2D eigenvalue weighted by Crippen LogP contribution is 2.30. The molecule has 5 rings (SSSR count). The van der Waals surface area contributed by atoms with Gasteiger partial charge in [0, 0.05) is 31.4 Å². The van der Waals surface area contributed by atoms with Crippen LogP contribution in [0, 0.1) is 11.7 Å². The van der Waals surface area contributed by atoms with Crippen LogP contribution in [0.4, 0.5) is 10.1 Å². The summed E-state index contributed by atoms with van der Waals surface area (Å²) in [5, 5.41) is 0. The lowest BCUT2D eigenvalue weighted by Crippen LogP contribution is -2.30. The van der Waals surface area contributed by atoms with Crippen LogP contribution in [0.15, 0.2) is 66.9 Å². The fourth-order valence-electron chi connectivity index (χ4n) is 5.37. The first kappa shape index (κ1) is 24.9. The molecule has 6 nitrogen and oxygen atoms in total. The highest BCUT2D eigenvalue weighted by atomic mass is 19.1. The van der Waals surface area contributed by atoms with E-state index < -0.39 is 5.92 Å². The van der Waals surface area contributed by atoms with Crippen molar-refractivity contribution in [2.45, 2.75) is 51.5 Å². The fourth-order valence-corrected chi connectivity index (χ4v) is 5.37. The average molecular weight is 500 g/mol. The number of halogens is 1. The van der Waals surface area contributed by atoms with Gasteiger partial charge in [-0.3, -0.25) is 4.79 Å². The Morgan fingerprint density at radius 1 is 1.00 bits per heavy atom. The first-order valence-corrected chi connectivity index (χ1v) is 13.2. The molecule has 0 spiro atoms. The Morgan fingerprint density at radius 2 is 1.70 bits per heavy atom. The minimum Gasteiger partial charge on any atom is -0.372 e. The predicted octanol–water partition coefficient (Wildman–Crippen LogP) is 5.45. The molecule has 1 aliphatic heterocycles. The summed E-state index contributed by atoms with van der Waals surface area (Å²) in [4.78, 5) is 24.5. The van der Waals surface area contributed by atoms with E-state index in [2.05, 4.69) is 41.1 Å². The predicted molar refractivity (Wildman–Crippen MR) is 145 cm³/mol. The van der Waals surface area contributed by atoms with Gasteiger partial charge in [-0.1, -0.05) is 44.0 Å². The molecule has 2 N–H and O–H groups in total. The summed E-state index contributed by atoms with van der Waals surface area (Å²) in [7, 11) is 0. The summed E-state index contributed by atoms with van der Waals surface area (Å²) in [6.07, 6.45) is 7.18. The second-order valence-electron chi connectivity index (χ2n) is 10.1. The molecule has 1 fully saturated rings. The van der Waals surface area contributed by atoms with Crippen LogP contribution in [0.3, 0.4) is 0 Å². The molecule has 1 amide bonds. The molecular weight excluding hydrogens is 465 g/mol. The molecule has 0 radical (unpaired) electrons. The summed E-state index contributed by atoms with van der Waals surface area (Å²) in [6, 6.07) is 18.8. The van der Waals surface area contributed by atoms with E-state index in [0.717, 1.165) is 41.2 Å². The molecule has 4 aromatic rings. The molecule has 2 aromatic carbocycles. The van der Waals surface area contributed by atoms with Crippen LogP contribution in [0.2, 0.25) is 0 Å². The number of carbonyl (C=O) groups is 1. The third kappa shape index (κ3) is 5.66. The van der Waals surface area contributed by atoms with Crippen molar-refractivity contribution in [2.75, 3.05) is 18.0 Å². The monoisotopic (exact) mass is 499 g/mol. The van der Waals surface area contributed by atoms with Crippen LogP contribution in [0.1, 0.15) is 55.5 Å². The molecule has 1 aliphatic rings. The zero-order valence-corrected chi connectivity index (χ0v) is 21.3. The van der Waals surface area contributed by atoms with Crippen molar-refractivity contribution in [3.63, 3.8) is 0 Å². The third-order valence-electron chi connectivity index (χ3n) is 7.60. The Balaban J connectivity index is 1.40. The average Bonchev–Trinajstić information content (AvgIpc) is 3.06. The number of hydrogen-bond donors (Lipinski definition) is 1. The van der Waals surface area contributed by atoms with Gasteiger partial charge in [0.1, 0.15) is 17.2 Å². The van der Waals surface area contributed by atoms with Crippen LogP contribution in [0.25, 0.3) is 11.2 Å². The molecule has 2 aromatic heterocycles. The summed E-state index contributed by atoms with van der Waals surface area (Å²) >= 11 is 0. The van der Waals surface area contributed by atoms with Crippen molar-refractivity contribution in [2.24, 2.45) is 11.7 Å². The molecule has 192 valence electrons. The lowest BCUT2D eigenvalue weighted by atomic mass is 9.84. The maximum absolute atomic E-state index is 13.5. The third-order valence-corrected chi connectivity index (χ3v) is 7.60. The van der Waals surface area contributed by atoms with Gasteiger partial charge < -0.3 is 15.2 Å². The van der Waals surface area contributed by atoms with Crippen LogP contribution in [0.5, 0.6) is 0 Å². The number of aromatic nitrogens is 3. The highest BCUT2D eigenvalue weighted by Gasteiger charge is 2.28. The van der Waals surface area contributed by atoms with Crippen LogP contribution >= 0.6 is 0 Å². The van der Waals surface area contributed by atoms with Gasteiger partial charge >= 0.3 is 0 Å². The Labute approximate surface area is 217 Å². The van der Waals surface area contributed by atoms with Gasteiger partial charge in [0.05, 0.1) is 12.5 Å². The number of benzene rings is 2. The number of nitrogens with zero attached hydrogens (tertiary/aromatic N) is 4. The molecule has 0 bridgehead atoms. The minimum atomic E-state index is -0.437. The van der Waals surface area contributed by atoms with Gasteiger partial charge in [0.2, 0.25) is 5.91 Å². The van der Waals surface area contributed by atoms with E-state index >= 15 is 0 Å². The standard InChI is InChI=1S/C30H34FN5O/c1-21(23-10-14-25(15-11-23)35-17-4-2-3-5-18-35)26(29(32)37)19-28-34-27-7-6-16-33-30(27)36(28)20-22-8-12-24(31)13-9-22/h6-16,21,26H,2-5,17-20H2,1H3,(H2,32,37)/t21-,26?/m1/s1. The van der Waals surface area contributed by atoms with Crippen LogP contribution < -0.4 is 10.6 Å². The largest absolute Gasteiger partial charge is 0.372 e.